The summed E-state index contributed by atoms with van der Waals surface area (Å²) in [7, 11) is 0. The summed E-state index contributed by atoms with van der Waals surface area (Å²) < 4.78 is 4.91. The SMILES string of the molecule is CCOC(O)CCC(=O)Nc1c(C(=O)O)ccc(Cl)c1C. The summed E-state index contributed by atoms with van der Waals surface area (Å²) >= 11 is 5.94. The van der Waals surface area contributed by atoms with Crippen LogP contribution in [0.25, 0.3) is 0 Å². The molecule has 0 fully saturated rings. The number of aromatic carboxylic acids is 1. The maximum absolute atomic E-state index is 11.8. The van der Waals surface area contributed by atoms with E-state index in [2.05, 4.69) is 5.32 Å². The van der Waals surface area contributed by atoms with Crippen molar-refractivity contribution in [1.29, 1.82) is 0 Å². The normalized spacial score (nSPS) is 12.0. The van der Waals surface area contributed by atoms with Crippen LogP contribution in [0.1, 0.15) is 35.7 Å². The number of carbonyl (C=O) groups is 2. The highest BCUT2D eigenvalue weighted by atomic mass is 35.5. The maximum atomic E-state index is 11.8. The molecule has 1 aromatic carbocycles. The topological polar surface area (TPSA) is 95.9 Å². The van der Waals surface area contributed by atoms with E-state index in [9.17, 15) is 14.7 Å². The lowest BCUT2D eigenvalue weighted by Gasteiger charge is -2.14. The smallest absolute Gasteiger partial charge is 0.337 e. The Morgan fingerprint density at radius 1 is 1.43 bits per heavy atom. The van der Waals surface area contributed by atoms with Crippen LogP contribution in [0.5, 0.6) is 0 Å². The van der Waals surface area contributed by atoms with E-state index in [1.807, 2.05) is 0 Å². The molecule has 7 heteroatoms. The van der Waals surface area contributed by atoms with E-state index in [1.54, 1.807) is 13.8 Å². The first kappa shape index (κ1) is 17.4. The molecule has 0 radical (unpaired) electrons. The number of hydrogen-bond donors (Lipinski definition) is 3. The van der Waals surface area contributed by atoms with Crippen molar-refractivity contribution in [1.82, 2.24) is 0 Å². The number of aliphatic hydroxyl groups is 1. The third kappa shape index (κ3) is 5.00. The van der Waals surface area contributed by atoms with Crippen molar-refractivity contribution in [2.75, 3.05) is 11.9 Å². The van der Waals surface area contributed by atoms with Gasteiger partial charge in [0.15, 0.2) is 6.29 Å². The first-order valence-corrected chi connectivity index (χ1v) is 6.86. The largest absolute Gasteiger partial charge is 0.478 e. The van der Waals surface area contributed by atoms with Crippen molar-refractivity contribution < 1.29 is 24.5 Å². The number of rotatable bonds is 7. The predicted molar refractivity (Wildman–Crippen MR) is 78.6 cm³/mol. The lowest BCUT2D eigenvalue weighted by molar-refractivity contribution is -0.123. The Morgan fingerprint density at radius 3 is 2.67 bits per heavy atom. The minimum Gasteiger partial charge on any atom is -0.478 e. The number of carboxylic acid groups (broad SMARTS) is 1. The van der Waals surface area contributed by atoms with Crippen LogP contribution in [0.3, 0.4) is 0 Å². The number of halogens is 1. The van der Waals surface area contributed by atoms with E-state index in [4.69, 9.17) is 21.4 Å². The quantitative estimate of drug-likeness (QED) is 0.672. The van der Waals surface area contributed by atoms with Crippen molar-refractivity contribution in [3.05, 3.63) is 28.3 Å². The van der Waals surface area contributed by atoms with Gasteiger partial charge in [0.25, 0.3) is 0 Å². The van der Waals surface area contributed by atoms with Gasteiger partial charge in [-0.15, -0.1) is 0 Å². The molecule has 0 aliphatic carbocycles. The van der Waals surface area contributed by atoms with E-state index in [-0.39, 0.29) is 24.1 Å². The van der Waals surface area contributed by atoms with E-state index in [0.717, 1.165) is 0 Å². The second-order valence-electron chi connectivity index (χ2n) is 4.40. The monoisotopic (exact) mass is 315 g/mol. The molecule has 0 aromatic heterocycles. The number of amides is 1. The van der Waals surface area contributed by atoms with Gasteiger partial charge in [0.05, 0.1) is 11.3 Å². The molecule has 1 rings (SSSR count). The molecule has 0 heterocycles. The lowest BCUT2D eigenvalue weighted by Crippen LogP contribution is -2.19. The standard InChI is InChI=1S/C14H18ClNO5/c1-3-21-12(18)7-6-11(17)16-13-8(2)10(15)5-4-9(13)14(19)20/h4-5,12,18H,3,6-7H2,1-2H3,(H,16,17)(H,19,20). The Labute approximate surface area is 127 Å². The zero-order chi connectivity index (χ0) is 16.0. The second-order valence-corrected chi connectivity index (χ2v) is 4.80. The number of nitrogens with one attached hydrogen (secondary N) is 1. The van der Waals surface area contributed by atoms with E-state index < -0.39 is 18.2 Å². The molecule has 0 aliphatic rings. The van der Waals surface area contributed by atoms with Crippen LogP contribution in [0, 0.1) is 6.92 Å². The Kier molecular flexibility index (Phi) is 6.61. The van der Waals surface area contributed by atoms with Crippen LogP contribution in [0.15, 0.2) is 12.1 Å². The van der Waals surface area contributed by atoms with Gasteiger partial charge in [-0.05, 0) is 31.5 Å². The van der Waals surface area contributed by atoms with Gasteiger partial charge in [-0.3, -0.25) is 4.79 Å². The van der Waals surface area contributed by atoms with Gasteiger partial charge in [-0.1, -0.05) is 11.6 Å². The van der Waals surface area contributed by atoms with Crippen LogP contribution in [0.2, 0.25) is 5.02 Å². The summed E-state index contributed by atoms with van der Waals surface area (Å²) in [5.41, 5.74) is 0.622. The highest BCUT2D eigenvalue weighted by Gasteiger charge is 2.17. The Hall–Kier alpha value is -1.63. The number of anilines is 1. The first-order valence-electron chi connectivity index (χ1n) is 6.48. The summed E-state index contributed by atoms with van der Waals surface area (Å²) in [5, 5.41) is 21.4. The fourth-order valence-corrected chi connectivity index (χ4v) is 1.92. The number of carbonyl (C=O) groups excluding carboxylic acids is 1. The molecule has 0 saturated heterocycles. The number of carboxylic acids is 1. The van der Waals surface area contributed by atoms with Gasteiger partial charge in [0, 0.05) is 24.5 Å². The van der Waals surface area contributed by atoms with E-state index >= 15 is 0 Å². The molecule has 3 N–H and O–H groups in total. The van der Waals surface area contributed by atoms with Gasteiger partial charge in [0.1, 0.15) is 0 Å². The molecule has 0 saturated carbocycles. The molecule has 1 amide bonds. The van der Waals surface area contributed by atoms with Crippen molar-refractivity contribution in [3.8, 4) is 0 Å². The molecule has 0 bridgehead atoms. The fraction of sp³-hybridized carbons (Fsp3) is 0.429. The second kappa shape index (κ2) is 7.97. The van der Waals surface area contributed by atoms with Gasteiger partial charge in [-0.25, -0.2) is 4.79 Å². The first-order chi connectivity index (χ1) is 9.86. The summed E-state index contributed by atoms with van der Waals surface area (Å²) in [5.74, 6) is -1.57. The minimum atomic E-state index is -1.15. The molecular formula is C14H18ClNO5. The van der Waals surface area contributed by atoms with Crippen LogP contribution in [-0.4, -0.2) is 35.0 Å². The fourth-order valence-electron chi connectivity index (χ4n) is 1.76. The number of hydrogen-bond acceptors (Lipinski definition) is 4. The molecule has 0 spiro atoms. The summed E-state index contributed by atoms with van der Waals surface area (Å²) in [6.07, 6.45) is -0.881. The third-order valence-electron chi connectivity index (χ3n) is 2.87. The Bertz CT molecular complexity index is 532. The van der Waals surface area contributed by atoms with E-state index in [0.29, 0.717) is 17.2 Å². The average molecular weight is 316 g/mol. The average Bonchev–Trinajstić information content (AvgIpc) is 2.42. The molecular weight excluding hydrogens is 298 g/mol. The lowest BCUT2D eigenvalue weighted by atomic mass is 10.1. The maximum Gasteiger partial charge on any atom is 0.337 e. The van der Waals surface area contributed by atoms with Gasteiger partial charge < -0.3 is 20.3 Å². The highest BCUT2D eigenvalue weighted by Crippen LogP contribution is 2.28. The molecule has 21 heavy (non-hydrogen) atoms. The number of ether oxygens (including phenoxy) is 1. The molecule has 1 aromatic rings. The van der Waals surface area contributed by atoms with Crippen LogP contribution in [-0.2, 0) is 9.53 Å². The van der Waals surface area contributed by atoms with Crippen LogP contribution < -0.4 is 5.32 Å². The Morgan fingerprint density at radius 2 is 2.10 bits per heavy atom. The molecule has 1 unspecified atom stereocenters. The molecule has 0 aliphatic heterocycles. The van der Waals surface area contributed by atoms with Crippen LogP contribution in [0.4, 0.5) is 5.69 Å². The number of aliphatic hydroxyl groups excluding tert-OH is 1. The molecule has 116 valence electrons. The number of benzene rings is 1. The summed E-state index contributed by atoms with van der Waals surface area (Å²) in [4.78, 5) is 23.0. The highest BCUT2D eigenvalue weighted by molar-refractivity contribution is 6.32. The van der Waals surface area contributed by atoms with Gasteiger partial charge in [-0.2, -0.15) is 0 Å². The minimum absolute atomic E-state index is 0.00613. The van der Waals surface area contributed by atoms with Gasteiger partial charge in [0.2, 0.25) is 5.91 Å². The molecule has 1 atom stereocenters. The summed E-state index contributed by atoms with van der Waals surface area (Å²) in [6, 6.07) is 2.80. The van der Waals surface area contributed by atoms with Crippen molar-refractivity contribution in [3.63, 3.8) is 0 Å². The zero-order valence-electron chi connectivity index (χ0n) is 11.9. The van der Waals surface area contributed by atoms with E-state index in [1.165, 1.54) is 12.1 Å². The van der Waals surface area contributed by atoms with Gasteiger partial charge >= 0.3 is 5.97 Å². The van der Waals surface area contributed by atoms with Crippen molar-refractivity contribution in [2.45, 2.75) is 33.0 Å². The third-order valence-corrected chi connectivity index (χ3v) is 3.28. The Balaban J connectivity index is 2.80. The van der Waals surface area contributed by atoms with Crippen molar-refractivity contribution in [2.24, 2.45) is 0 Å². The van der Waals surface area contributed by atoms with Crippen molar-refractivity contribution >= 4 is 29.2 Å². The van der Waals surface area contributed by atoms with Crippen LogP contribution >= 0.6 is 11.6 Å². The molecule has 6 nitrogen and oxygen atoms in total. The summed E-state index contributed by atoms with van der Waals surface area (Å²) in [6.45, 7) is 3.70. The zero-order valence-corrected chi connectivity index (χ0v) is 12.6. The predicted octanol–water partition coefficient (Wildman–Crippen LogP) is 2.42.